The van der Waals surface area contributed by atoms with Crippen molar-refractivity contribution in [3.63, 3.8) is 0 Å². The number of hydrogen-bond acceptors (Lipinski definition) is 2. The Morgan fingerprint density at radius 3 is 1.66 bits per heavy atom. The molecule has 0 fully saturated rings. The van der Waals surface area contributed by atoms with Crippen LogP contribution in [0.1, 0.15) is 25.0 Å². The molecule has 1 aliphatic rings. The Morgan fingerprint density at radius 1 is 0.377 bits per heavy atom. The van der Waals surface area contributed by atoms with Crippen molar-refractivity contribution >= 4 is 48.6 Å². The molecule has 2 heteroatoms. The Balaban J connectivity index is 1.14. The van der Waals surface area contributed by atoms with Crippen molar-refractivity contribution in [2.75, 3.05) is 4.90 Å². The summed E-state index contributed by atoms with van der Waals surface area (Å²) in [6.45, 7) is 4.73. The summed E-state index contributed by atoms with van der Waals surface area (Å²) in [5.74, 6) is 0. The largest absolute Gasteiger partial charge is 0.310 e. The van der Waals surface area contributed by atoms with Crippen LogP contribution in [-0.2, 0) is 5.41 Å². The first-order valence-corrected chi connectivity index (χ1v) is 19.2. The Bertz CT molecular complexity index is 2780. The second kappa shape index (κ2) is 12.5. The molecule has 8 aromatic carbocycles. The number of hydrogen-bond donors (Lipinski definition) is 0. The maximum atomic E-state index is 2.46. The van der Waals surface area contributed by atoms with Crippen molar-refractivity contribution in [3.05, 3.63) is 199 Å². The normalized spacial score (nSPS) is 12.9. The maximum absolute atomic E-state index is 2.46. The van der Waals surface area contributed by atoms with Crippen LogP contribution in [0.4, 0.5) is 17.1 Å². The molecule has 0 saturated carbocycles. The number of thiophene rings is 1. The summed E-state index contributed by atoms with van der Waals surface area (Å²) in [7, 11) is 0. The lowest BCUT2D eigenvalue weighted by Crippen LogP contribution is -2.15. The van der Waals surface area contributed by atoms with E-state index in [-0.39, 0.29) is 5.41 Å². The molecule has 0 saturated heterocycles. The molecule has 0 radical (unpaired) electrons. The van der Waals surface area contributed by atoms with E-state index in [1.165, 1.54) is 81.5 Å². The summed E-state index contributed by atoms with van der Waals surface area (Å²) in [6.07, 6.45) is 0. The van der Waals surface area contributed by atoms with Crippen LogP contribution in [-0.4, -0.2) is 0 Å². The van der Waals surface area contributed by atoms with Gasteiger partial charge < -0.3 is 4.90 Å². The molecular formula is C51H37NS. The first-order chi connectivity index (χ1) is 26.0. The summed E-state index contributed by atoms with van der Waals surface area (Å²) in [5.41, 5.74) is 16.1. The van der Waals surface area contributed by atoms with Gasteiger partial charge in [0.1, 0.15) is 0 Å². The fourth-order valence-corrected chi connectivity index (χ4v) is 9.46. The molecule has 0 unspecified atom stereocenters. The highest BCUT2D eigenvalue weighted by Crippen LogP contribution is 2.52. The third kappa shape index (κ3) is 5.29. The molecule has 1 aliphatic carbocycles. The van der Waals surface area contributed by atoms with Gasteiger partial charge >= 0.3 is 0 Å². The molecule has 1 heterocycles. The van der Waals surface area contributed by atoms with Gasteiger partial charge in [-0.1, -0.05) is 153 Å². The lowest BCUT2D eigenvalue weighted by atomic mass is 9.81. The van der Waals surface area contributed by atoms with Crippen molar-refractivity contribution in [1.29, 1.82) is 0 Å². The average Bonchev–Trinajstić information content (AvgIpc) is 3.69. The van der Waals surface area contributed by atoms with Gasteiger partial charge in [-0.25, -0.2) is 0 Å². The van der Waals surface area contributed by atoms with E-state index in [0.717, 1.165) is 11.4 Å². The molecule has 53 heavy (non-hydrogen) atoms. The molecule has 9 aromatic rings. The first kappa shape index (κ1) is 31.5. The molecule has 10 rings (SSSR count). The highest BCUT2D eigenvalue weighted by Gasteiger charge is 2.35. The number of rotatable bonds is 6. The van der Waals surface area contributed by atoms with Crippen LogP contribution in [0.5, 0.6) is 0 Å². The van der Waals surface area contributed by atoms with E-state index >= 15 is 0 Å². The van der Waals surface area contributed by atoms with Crippen molar-refractivity contribution in [3.8, 4) is 44.5 Å². The number of benzene rings is 8. The Morgan fingerprint density at radius 2 is 0.925 bits per heavy atom. The number of anilines is 3. The van der Waals surface area contributed by atoms with Crippen LogP contribution in [0.3, 0.4) is 0 Å². The van der Waals surface area contributed by atoms with E-state index < -0.39 is 0 Å². The van der Waals surface area contributed by atoms with E-state index in [9.17, 15) is 0 Å². The fourth-order valence-electron chi connectivity index (χ4n) is 8.34. The van der Waals surface area contributed by atoms with Gasteiger partial charge in [-0.05, 0) is 98.6 Å². The molecule has 0 N–H and O–H groups in total. The van der Waals surface area contributed by atoms with Crippen molar-refractivity contribution in [2.24, 2.45) is 0 Å². The van der Waals surface area contributed by atoms with E-state index in [2.05, 4.69) is 207 Å². The molecule has 0 amide bonds. The van der Waals surface area contributed by atoms with E-state index in [4.69, 9.17) is 0 Å². The number of fused-ring (bicyclic) bond motifs is 6. The van der Waals surface area contributed by atoms with Gasteiger partial charge in [0, 0.05) is 42.5 Å². The minimum Gasteiger partial charge on any atom is -0.310 e. The third-order valence-electron chi connectivity index (χ3n) is 11.1. The highest BCUT2D eigenvalue weighted by molar-refractivity contribution is 7.25. The van der Waals surface area contributed by atoms with Crippen molar-refractivity contribution < 1.29 is 0 Å². The van der Waals surface area contributed by atoms with Crippen molar-refractivity contribution in [1.82, 2.24) is 0 Å². The number of para-hydroxylation sites is 1. The fraction of sp³-hybridized carbons (Fsp3) is 0.0588. The monoisotopic (exact) mass is 695 g/mol. The van der Waals surface area contributed by atoms with Crippen LogP contribution in [0.2, 0.25) is 0 Å². The molecule has 0 aliphatic heterocycles. The molecule has 252 valence electrons. The minimum absolute atomic E-state index is 0.0878. The Labute approximate surface area is 315 Å². The van der Waals surface area contributed by atoms with Crippen LogP contribution in [0.25, 0.3) is 64.7 Å². The lowest BCUT2D eigenvalue weighted by Gasteiger charge is -2.29. The van der Waals surface area contributed by atoms with Gasteiger partial charge in [0.2, 0.25) is 0 Å². The SMILES string of the molecule is CC1(C)c2ccccc2-c2ccc(-c3cc4c(cc3N(c3ccccc3)c3ccc(-c5ccc(-c6ccccc6)cc5)cc3)sc3ccccc34)cc21. The van der Waals surface area contributed by atoms with Gasteiger partial charge in [0.25, 0.3) is 0 Å². The van der Waals surface area contributed by atoms with Crippen LogP contribution < -0.4 is 4.90 Å². The summed E-state index contributed by atoms with van der Waals surface area (Å²) < 4.78 is 2.60. The standard InChI is InChI=1S/C51H37NS/c1-51(2)46-19-11-9-17-41(46)42-30-27-38(31-47(42)51)44-32-45-43-18-10-12-20-49(43)53-50(45)33-48(44)52(39-15-7-4-8-16-39)40-28-25-37(26-29-40)36-23-21-35(22-24-36)34-13-5-3-6-14-34/h3-33H,1-2H3. The predicted molar refractivity (Wildman–Crippen MR) is 228 cm³/mol. The van der Waals surface area contributed by atoms with E-state index in [0.29, 0.717) is 0 Å². The van der Waals surface area contributed by atoms with Gasteiger partial charge in [-0.15, -0.1) is 11.3 Å². The summed E-state index contributed by atoms with van der Waals surface area (Å²) in [6, 6.07) is 69.1. The summed E-state index contributed by atoms with van der Waals surface area (Å²) in [4.78, 5) is 2.44. The highest BCUT2D eigenvalue weighted by atomic mass is 32.1. The molecule has 1 aromatic heterocycles. The van der Waals surface area contributed by atoms with Gasteiger partial charge in [0.15, 0.2) is 0 Å². The predicted octanol–water partition coefficient (Wildman–Crippen LogP) is 14.8. The van der Waals surface area contributed by atoms with Gasteiger partial charge in [-0.3, -0.25) is 0 Å². The lowest BCUT2D eigenvalue weighted by molar-refractivity contribution is 0.660. The minimum atomic E-state index is -0.0878. The molecule has 1 nitrogen and oxygen atoms in total. The summed E-state index contributed by atoms with van der Waals surface area (Å²) in [5, 5.41) is 2.61. The molecule has 0 bridgehead atoms. The third-order valence-corrected chi connectivity index (χ3v) is 12.2. The molecule has 0 atom stereocenters. The van der Waals surface area contributed by atoms with E-state index in [1.807, 2.05) is 11.3 Å². The van der Waals surface area contributed by atoms with Crippen LogP contribution >= 0.6 is 11.3 Å². The van der Waals surface area contributed by atoms with Crippen molar-refractivity contribution in [2.45, 2.75) is 19.3 Å². The zero-order chi connectivity index (χ0) is 35.5. The second-order valence-electron chi connectivity index (χ2n) is 14.6. The zero-order valence-corrected chi connectivity index (χ0v) is 30.6. The van der Waals surface area contributed by atoms with Crippen LogP contribution in [0.15, 0.2) is 188 Å². The quantitative estimate of drug-likeness (QED) is 0.167. The topological polar surface area (TPSA) is 3.24 Å². The second-order valence-corrected chi connectivity index (χ2v) is 15.6. The van der Waals surface area contributed by atoms with E-state index in [1.54, 1.807) is 0 Å². The average molecular weight is 696 g/mol. The molecular weight excluding hydrogens is 659 g/mol. The van der Waals surface area contributed by atoms with Crippen LogP contribution in [0, 0.1) is 0 Å². The maximum Gasteiger partial charge on any atom is 0.0554 e. The van der Waals surface area contributed by atoms with Gasteiger partial charge in [0.05, 0.1) is 5.69 Å². The Hall–Kier alpha value is -6.22. The number of nitrogens with zero attached hydrogens (tertiary/aromatic N) is 1. The molecule has 0 spiro atoms. The first-order valence-electron chi connectivity index (χ1n) is 18.3. The zero-order valence-electron chi connectivity index (χ0n) is 29.8. The Kier molecular flexibility index (Phi) is 7.42. The summed E-state index contributed by atoms with van der Waals surface area (Å²) >= 11 is 1.87. The van der Waals surface area contributed by atoms with Gasteiger partial charge in [-0.2, -0.15) is 0 Å². The smallest absolute Gasteiger partial charge is 0.0554 e.